The minimum absolute atomic E-state index is 0.214. The van der Waals surface area contributed by atoms with E-state index in [0.717, 1.165) is 6.26 Å². The first-order valence-electron chi connectivity index (χ1n) is 6.10. The largest absolute Gasteiger partial charge is 0.379 e. The number of benzene rings is 2. The summed E-state index contributed by atoms with van der Waals surface area (Å²) in [5.41, 5.74) is 1.42. The minimum Gasteiger partial charge on any atom is -0.379 e. The fourth-order valence-electron chi connectivity index (χ4n) is 1.78. The van der Waals surface area contributed by atoms with E-state index in [1.807, 2.05) is 0 Å². The van der Waals surface area contributed by atoms with Crippen molar-refractivity contribution in [2.75, 3.05) is 16.3 Å². The van der Waals surface area contributed by atoms with E-state index in [9.17, 15) is 12.8 Å². The van der Waals surface area contributed by atoms with Crippen LogP contribution in [-0.4, -0.2) is 14.7 Å². The van der Waals surface area contributed by atoms with Gasteiger partial charge in [0.2, 0.25) is 10.0 Å². The van der Waals surface area contributed by atoms with E-state index in [2.05, 4.69) is 10.0 Å². The molecule has 0 aliphatic heterocycles. The molecule has 2 aromatic carbocycles. The Morgan fingerprint density at radius 3 is 2.43 bits per heavy atom. The van der Waals surface area contributed by atoms with E-state index in [-0.39, 0.29) is 6.54 Å². The summed E-state index contributed by atoms with van der Waals surface area (Å²) >= 11 is 5.69. The number of hydrogen-bond donors (Lipinski definition) is 2. The van der Waals surface area contributed by atoms with Crippen LogP contribution in [0.1, 0.15) is 5.56 Å². The molecule has 21 heavy (non-hydrogen) atoms. The zero-order valence-corrected chi connectivity index (χ0v) is 12.8. The van der Waals surface area contributed by atoms with Crippen LogP contribution in [0.15, 0.2) is 42.5 Å². The van der Waals surface area contributed by atoms with Crippen LogP contribution in [0.2, 0.25) is 5.02 Å². The molecular weight excluding hydrogens is 315 g/mol. The summed E-state index contributed by atoms with van der Waals surface area (Å²) in [6.45, 7) is 0.214. The van der Waals surface area contributed by atoms with Crippen LogP contribution in [0.4, 0.5) is 15.8 Å². The SMILES string of the molecule is CS(=O)(=O)Nc1ccccc1NCc1ccc(Cl)cc1F. The molecule has 0 fully saturated rings. The summed E-state index contributed by atoms with van der Waals surface area (Å²) in [5.74, 6) is -0.413. The fourth-order valence-corrected chi connectivity index (χ4v) is 2.52. The molecule has 4 nitrogen and oxygen atoms in total. The summed E-state index contributed by atoms with van der Waals surface area (Å²) in [4.78, 5) is 0. The highest BCUT2D eigenvalue weighted by molar-refractivity contribution is 7.92. The Kier molecular flexibility index (Phi) is 4.69. The molecule has 0 aliphatic rings. The molecule has 7 heteroatoms. The Balaban J connectivity index is 2.16. The fraction of sp³-hybridized carbons (Fsp3) is 0.143. The molecule has 0 heterocycles. The lowest BCUT2D eigenvalue weighted by molar-refractivity contribution is 0.606. The highest BCUT2D eigenvalue weighted by Gasteiger charge is 2.08. The Hall–Kier alpha value is -1.79. The van der Waals surface area contributed by atoms with Crippen LogP contribution >= 0.6 is 11.6 Å². The number of rotatable bonds is 5. The zero-order chi connectivity index (χ0) is 15.5. The van der Waals surface area contributed by atoms with E-state index in [0.29, 0.717) is 22.0 Å². The molecule has 0 amide bonds. The molecule has 2 rings (SSSR count). The number of para-hydroxylation sites is 2. The third-order valence-electron chi connectivity index (χ3n) is 2.71. The van der Waals surface area contributed by atoms with Crippen molar-refractivity contribution in [3.05, 3.63) is 58.9 Å². The van der Waals surface area contributed by atoms with Gasteiger partial charge in [0.1, 0.15) is 5.82 Å². The molecule has 0 aromatic heterocycles. The first-order chi connectivity index (χ1) is 9.85. The lowest BCUT2D eigenvalue weighted by atomic mass is 10.2. The lowest BCUT2D eigenvalue weighted by Crippen LogP contribution is -2.12. The maximum Gasteiger partial charge on any atom is 0.229 e. The Labute approximate surface area is 128 Å². The van der Waals surface area contributed by atoms with Crippen LogP contribution in [-0.2, 0) is 16.6 Å². The van der Waals surface area contributed by atoms with Gasteiger partial charge < -0.3 is 5.32 Å². The van der Waals surface area contributed by atoms with Gasteiger partial charge in [-0.05, 0) is 24.3 Å². The lowest BCUT2D eigenvalue weighted by Gasteiger charge is -2.13. The molecule has 0 saturated heterocycles. The Morgan fingerprint density at radius 2 is 1.81 bits per heavy atom. The number of nitrogens with one attached hydrogen (secondary N) is 2. The minimum atomic E-state index is -3.38. The molecular formula is C14H14ClFN2O2S. The van der Waals surface area contributed by atoms with E-state index < -0.39 is 15.8 Å². The van der Waals surface area contributed by atoms with Gasteiger partial charge in [-0.25, -0.2) is 12.8 Å². The molecule has 0 radical (unpaired) electrons. The van der Waals surface area contributed by atoms with Gasteiger partial charge in [-0.15, -0.1) is 0 Å². The molecule has 0 aliphatic carbocycles. The van der Waals surface area contributed by atoms with Crippen molar-refractivity contribution in [1.82, 2.24) is 0 Å². The molecule has 0 bridgehead atoms. The van der Waals surface area contributed by atoms with Gasteiger partial charge in [0.15, 0.2) is 0 Å². The Bertz CT molecular complexity index is 750. The van der Waals surface area contributed by atoms with Crippen LogP contribution in [0.5, 0.6) is 0 Å². The molecule has 0 unspecified atom stereocenters. The summed E-state index contributed by atoms with van der Waals surface area (Å²) in [6.07, 6.45) is 1.07. The average Bonchev–Trinajstić information content (AvgIpc) is 2.37. The van der Waals surface area contributed by atoms with Crippen LogP contribution in [0.3, 0.4) is 0 Å². The molecule has 112 valence electrons. The number of halogens is 2. The van der Waals surface area contributed by atoms with Gasteiger partial charge in [0, 0.05) is 17.1 Å². The normalized spacial score (nSPS) is 11.2. The third-order valence-corrected chi connectivity index (χ3v) is 3.53. The topological polar surface area (TPSA) is 58.2 Å². The van der Waals surface area contributed by atoms with Gasteiger partial charge in [-0.1, -0.05) is 29.8 Å². The first kappa shape index (κ1) is 15.6. The molecule has 2 aromatic rings. The summed E-state index contributed by atoms with van der Waals surface area (Å²) in [5, 5.41) is 3.33. The predicted octanol–water partition coefficient (Wildman–Crippen LogP) is 3.46. The standard InChI is InChI=1S/C14H14ClFN2O2S/c1-21(19,20)18-14-5-3-2-4-13(14)17-9-10-6-7-11(15)8-12(10)16/h2-8,17-18H,9H2,1H3. The number of sulfonamides is 1. The maximum atomic E-state index is 13.7. The van der Waals surface area contributed by atoms with E-state index >= 15 is 0 Å². The molecule has 0 atom stereocenters. The molecule has 0 spiro atoms. The molecule has 0 saturated carbocycles. The number of hydrogen-bond acceptors (Lipinski definition) is 3. The third kappa shape index (κ3) is 4.61. The highest BCUT2D eigenvalue weighted by atomic mass is 35.5. The van der Waals surface area contributed by atoms with Crippen molar-refractivity contribution in [1.29, 1.82) is 0 Å². The van der Waals surface area contributed by atoms with Crippen molar-refractivity contribution in [3.63, 3.8) is 0 Å². The summed E-state index contributed by atoms with van der Waals surface area (Å²) in [6, 6.07) is 11.2. The van der Waals surface area contributed by atoms with E-state index in [1.165, 1.54) is 6.07 Å². The maximum absolute atomic E-state index is 13.7. The smallest absolute Gasteiger partial charge is 0.229 e. The summed E-state index contributed by atoms with van der Waals surface area (Å²) < 4.78 is 38.7. The average molecular weight is 329 g/mol. The van der Waals surface area contributed by atoms with Crippen LogP contribution < -0.4 is 10.0 Å². The van der Waals surface area contributed by atoms with Gasteiger partial charge in [0.25, 0.3) is 0 Å². The highest BCUT2D eigenvalue weighted by Crippen LogP contribution is 2.23. The van der Waals surface area contributed by atoms with Gasteiger partial charge in [0.05, 0.1) is 17.6 Å². The monoisotopic (exact) mass is 328 g/mol. The van der Waals surface area contributed by atoms with Crippen molar-refractivity contribution in [2.45, 2.75) is 6.54 Å². The summed E-state index contributed by atoms with van der Waals surface area (Å²) in [7, 11) is -3.38. The van der Waals surface area contributed by atoms with Gasteiger partial charge in [-0.3, -0.25) is 4.72 Å². The van der Waals surface area contributed by atoms with Gasteiger partial charge in [-0.2, -0.15) is 0 Å². The van der Waals surface area contributed by atoms with E-state index in [1.54, 1.807) is 36.4 Å². The van der Waals surface area contributed by atoms with Crippen molar-refractivity contribution < 1.29 is 12.8 Å². The second kappa shape index (κ2) is 6.32. The van der Waals surface area contributed by atoms with Crippen molar-refractivity contribution in [2.24, 2.45) is 0 Å². The van der Waals surface area contributed by atoms with Gasteiger partial charge >= 0.3 is 0 Å². The van der Waals surface area contributed by atoms with E-state index in [4.69, 9.17) is 11.6 Å². The first-order valence-corrected chi connectivity index (χ1v) is 8.37. The second-order valence-electron chi connectivity index (χ2n) is 4.51. The van der Waals surface area contributed by atoms with Crippen LogP contribution in [0, 0.1) is 5.82 Å². The van der Waals surface area contributed by atoms with Crippen molar-refractivity contribution >= 4 is 33.0 Å². The Morgan fingerprint density at radius 1 is 1.14 bits per heavy atom. The predicted molar refractivity (Wildman–Crippen MR) is 83.6 cm³/mol. The molecule has 2 N–H and O–H groups in total. The quantitative estimate of drug-likeness (QED) is 0.883. The van der Waals surface area contributed by atoms with Crippen LogP contribution in [0.25, 0.3) is 0 Å². The second-order valence-corrected chi connectivity index (χ2v) is 6.69. The van der Waals surface area contributed by atoms with Crippen molar-refractivity contribution in [3.8, 4) is 0 Å². The number of anilines is 2. The zero-order valence-electron chi connectivity index (χ0n) is 11.2.